The SMILES string of the molecule is NS(=O)(=O)[O-].NS(=O)(=O)c1ccc([NH3+])cc1. The Morgan fingerprint density at radius 3 is 1.56 bits per heavy atom. The summed E-state index contributed by atoms with van der Waals surface area (Å²) in [6.07, 6.45) is 0. The second-order valence-corrected chi connectivity index (χ2v) is 5.23. The van der Waals surface area contributed by atoms with Gasteiger partial charge in [-0.3, -0.25) is 0 Å². The molecule has 16 heavy (non-hydrogen) atoms. The molecule has 0 spiro atoms. The molecule has 0 saturated heterocycles. The first kappa shape index (κ1) is 15.0. The molecular formula is C6H11N3O5S2. The summed E-state index contributed by atoms with van der Waals surface area (Å²) in [4.78, 5) is 0.116. The second-order valence-electron chi connectivity index (χ2n) is 2.68. The van der Waals surface area contributed by atoms with Crippen LogP contribution in [-0.4, -0.2) is 21.4 Å². The smallest absolute Gasteiger partial charge is 0.238 e. The van der Waals surface area contributed by atoms with Gasteiger partial charge in [-0.05, 0) is 12.1 Å². The fraction of sp³-hybridized carbons (Fsp3) is 0. The zero-order valence-corrected chi connectivity index (χ0v) is 9.66. The highest BCUT2D eigenvalue weighted by atomic mass is 32.2. The van der Waals surface area contributed by atoms with Crippen molar-refractivity contribution >= 4 is 26.0 Å². The Balaban J connectivity index is 0.000000385. The number of primary sulfonamides is 1. The third kappa shape index (κ3) is 8.28. The van der Waals surface area contributed by atoms with Crippen molar-refractivity contribution in [2.75, 3.05) is 0 Å². The normalized spacial score (nSPS) is 11.5. The molecule has 1 aromatic carbocycles. The number of hydrogen-bond donors (Lipinski definition) is 3. The predicted octanol–water partition coefficient (Wildman–Crippen LogP) is -2.39. The number of rotatable bonds is 1. The Labute approximate surface area is 93.0 Å². The van der Waals surface area contributed by atoms with Crippen molar-refractivity contribution in [3.05, 3.63) is 24.3 Å². The number of quaternary nitrogens is 1. The van der Waals surface area contributed by atoms with Crippen LogP contribution in [0.4, 0.5) is 5.69 Å². The number of nitrogens with two attached hydrogens (primary N) is 2. The van der Waals surface area contributed by atoms with Gasteiger partial charge in [0.1, 0.15) is 5.69 Å². The van der Waals surface area contributed by atoms with Crippen LogP contribution in [0.3, 0.4) is 0 Å². The molecule has 0 unspecified atom stereocenters. The monoisotopic (exact) mass is 269 g/mol. The van der Waals surface area contributed by atoms with Gasteiger partial charge in [0.2, 0.25) is 10.0 Å². The summed E-state index contributed by atoms with van der Waals surface area (Å²) >= 11 is 0. The first-order valence-corrected chi connectivity index (χ1v) is 6.70. The molecule has 0 aliphatic carbocycles. The minimum absolute atomic E-state index is 0.116. The quantitative estimate of drug-likeness (QED) is 0.482. The highest BCUT2D eigenvalue weighted by Crippen LogP contribution is 2.07. The van der Waals surface area contributed by atoms with Crippen LogP contribution in [0.25, 0.3) is 0 Å². The van der Waals surface area contributed by atoms with Gasteiger partial charge in [0, 0.05) is 12.1 Å². The molecule has 10 heteroatoms. The van der Waals surface area contributed by atoms with Crippen molar-refractivity contribution < 1.29 is 27.1 Å². The molecule has 0 aliphatic rings. The fourth-order valence-electron chi connectivity index (χ4n) is 0.679. The van der Waals surface area contributed by atoms with Gasteiger partial charge in [0.15, 0.2) is 10.3 Å². The van der Waals surface area contributed by atoms with Crippen molar-refractivity contribution in [3.63, 3.8) is 0 Å². The Hall–Kier alpha value is -1.04. The minimum atomic E-state index is -4.42. The zero-order valence-electron chi connectivity index (χ0n) is 8.03. The van der Waals surface area contributed by atoms with Crippen molar-refractivity contribution in [1.82, 2.24) is 0 Å². The Kier molecular flexibility index (Phi) is 4.99. The predicted molar refractivity (Wildman–Crippen MR) is 54.2 cm³/mol. The lowest BCUT2D eigenvalue weighted by atomic mass is 10.3. The van der Waals surface area contributed by atoms with E-state index in [1.54, 1.807) is 12.1 Å². The average molecular weight is 269 g/mol. The van der Waals surface area contributed by atoms with Crippen molar-refractivity contribution in [3.8, 4) is 0 Å². The molecule has 0 aromatic heterocycles. The van der Waals surface area contributed by atoms with E-state index in [4.69, 9.17) is 18.1 Å². The third-order valence-electron chi connectivity index (χ3n) is 1.25. The summed E-state index contributed by atoms with van der Waals surface area (Å²) in [7, 11) is -7.96. The maximum Gasteiger partial charge on any atom is 0.238 e. The molecule has 1 aromatic rings. The highest BCUT2D eigenvalue weighted by Gasteiger charge is 2.05. The largest absolute Gasteiger partial charge is 0.736 e. The van der Waals surface area contributed by atoms with E-state index >= 15 is 0 Å². The summed E-state index contributed by atoms with van der Waals surface area (Å²) < 4.78 is 48.0. The Bertz CT molecular complexity index is 526. The second kappa shape index (κ2) is 5.34. The van der Waals surface area contributed by atoms with Crippen LogP contribution in [0.1, 0.15) is 0 Å². The number of benzene rings is 1. The standard InChI is InChI=1S/C6H8N2O2S.H3NO3S/c7-5-1-3-6(4-2-5)11(8,9)10;1-5(2,3)4/h1-4H,7H2,(H2,8,9,10);(H3,1,2,3,4). The lowest BCUT2D eigenvalue weighted by molar-refractivity contribution is -0.254. The lowest BCUT2D eigenvalue weighted by Gasteiger charge is -1.94. The Morgan fingerprint density at radius 2 is 1.31 bits per heavy atom. The van der Waals surface area contributed by atoms with Gasteiger partial charge < -0.3 is 10.3 Å². The molecule has 0 radical (unpaired) electrons. The van der Waals surface area contributed by atoms with Crippen LogP contribution < -0.4 is 16.0 Å². The van der Waals surface area contributed by atoms with E-state index in [9.17, 15) is 8.42 Å². The van der Waals surface area contributed by atoms with Crippen LogP contribution in [0.5, 0.6) is 0 Å². The summed E-state index contributed by atoms with van der Waals surface area (Å²) in [5.41, 5.74) is 4.37. The van der Waals surface area contributed by atoms with E-state index in [-0.39, 0.29) is 4.90 Å². The first-order valence-electron chi connectivity index (χ1n) is 3.68. The molecule has 0 bridgehead atoms. The topological polar surface area (TPSA) is 171 Å². The van der Waals surface area contributed by atoms with Gasteiger partial charge in [-0.25, -0.2) is 27.1 Å². The molecule has 0 heterocycles. The molecule has 0 amide bonds. The first-order chi connectivity index (χ1) is 7.00. The van der Waals surface area contributed by atoms with Crippen LogP contribution >= 0.6 is 0 Å². The Morgan fingerprint density at radius 1 is 1.00 bits per heavy atom. The molecule has 7 N–H and O–H groups in total. The molecular weight excluding hydrogens is 258 g/mol. The minimum Gasteiger partial charge on any atom is -0.736 e. The maximum atomic E-state index is 10.7. The highest BCUT2D eigenvalue weighted by molar-refractivity contribution is 7.89. The van der Waals surface area contributed by atoms with Crippen molar-refractivity contribution in [2.24, 2.45) is 10.3 Å². The van der Waals surface area contributed by atoms with E-state index in [0.29, 0.717) is 0 Å². The van der Waals surface area contributed by atoms with Gasteiger partial charge in [0.25, 0.3) is 0 Å². The summed E-state index contributed by atoms with van der Waals surface area (Å²) in [5, 5.41) is 8.63. The molecule has 92 valence electrons. The maximum absolute atomic E-state index is 10.7. The summed E-state index contributed by atoms with van der Waals surface area (Å²) in [5.74, 6) is 0. The molecule has 0 saturated carbocycles. The van der Waals surface area contributed by atoms with E-state index in [1.807, 2.05) is 0 Å². The van der Waals surface area contributed by atoms with Gasteiger partial charge in [0.05, 0.1) is 4.90 Å². The molecule has 0 atom stereocenters. The van der Waals surface area contributed by atoms with E-state index < -0.39 is 20.3 Å². The molecule has 1 rings (SSSR count). The van der Waals surface area contributed by atoms with Crippen molar-refractivity contribution in [2.45, 2.75) is 4.90 Å². The van der Waals surface area contributed by atoms with Crippen LogP contribution in [0, 0.1) is 0 Å². The van der Waals surface area contributed by atoms with Gasteiger partial charge in [-0.1, -0.05) is 0 Å². The molecule has 0 fully saturated rings. The summed E-state index contributed by atoms with van der Waals surface area (Å²) in [6.45, 7) is 0. The van der Waals surface area contributed by atoms with E-state index in [2.05, 4.69) is 10.9 Å². The average Bonchev–Trinajstić information content (AvgIpc) is 1.99. The van der Waals surface area contributed by atoms with Gasteiger partial charge in [-0.15, -0.1) is 0 Å². The lowest BCUT2D eigenvalue weighted by Crippen LogP contribution is -2.39. The molecule has 0 aliphatic heterocycles. The number of hydrogen-bond acceptors (Lipinski definition) is 5. The number of sulfonamides is 1. The van der Waals surface area contributed by atoms with E-state index in [1.165, 1.54) is 12.1 Å². The van der Waals surface area contributed by atoms with Gasteiger partial charge in [-0.2, -0.15) is 0 Å². The van der Waals surface area contributed by atoms with Crippen LogP contribution in [0.15, 0.2) is 29.2 Å². The summed E-state index contributed by atoms with van der Waals surface area (Å²) in [6, 6.07) is 6.05. The zero-order chi connectivity index (χ0) is 13.0. The third-order valence-corrected chi connectivity index (χ3v) is 2.18. The fourth-order valence-corrected chi connectivity index (χ4v) is 1.19. The van der Waals surface area contributed by atoms with E-state index in [0.717, 1.165) is 5.69 Å². The van der Waals surface area contributed by atoms with Gasteiger partial charge >= 0.3 is 0 Å². The van der Waals surface area contributed by atoms with Crippen LogP contribution in [-0.2, 0) is 20.3 Å². The molecule has 8 nitrogen and oxygen atoms in total. The van der Waals surface area contributed by atoms with Crippen molar-refractivity contribution in [1.29, 1.82) is 0 Å². The van der Waals surface area contributed by atoms with Crippen LogP contribution in [0.2, 0.25) is 0 Å².